The molecule has 0 radical (unpaired) electrons. The van der Waals surface area contributed by atoms with Crippen LogP contribution in [-0.2, 0) is 0 Å². The van der Waals surface area contributed by atoms with Gasteiger partial charge in [0.1, 0.15) is 11.6 Å². The zero-order valence-electron chi connectivity index (χ0n) is 12.5. The molecule has 1 saturated carbocycles. The van der Waals surface area contributed by atoms with Crippen LogP contribution in [-0.4, -0.2) is 28.2 Å². The van der Waals surface area contributed by atoms with Gasteiger partial charge in [0.2, 0.25) is 5.95 Å². The summed E-state index contributed by atoms with van der Waals surface area (Å²) in [6.45, 7) is 1.95. The number of nitrogens with one attached hydrogen (secondary N) is 1. The van der Waals surface area contributed by atoms with Crippen molar-refractivity contribution in [2.45, 2.75) is 12.8 Å². The van der Waals surface area contributed by atoms with Gasteiger partial charge in [0, 0.05) is 30.5 Å². The van der Waals surface area contributed by atoms with Crippen molar-refractivity contribution in [1.82, 2.24) is 9.97 Å². The number of phenolic OH excluding ortho intramolecular Hbond substituents is 1. The first-order valence-corrected chi connectivity index (χ1v) is 8.11. The quantitative estimate of drug-likeness (QED) is 0.835. The summed E-state index contributed by atoms with van der Waals surface area (Å²) in [4.78, 5) is 11.3. The summed E-state index contributed by atoms with van der Waals surface area (Å²) in [5.74, 6) is 2.37. The third-order valence-electron chi connectivity index (χ3n) is 4.10. The Morgan fingerprint density at radius 3 is 3.00 bits per heavy atom. The molecule has 1 aromatic heterocycles. The maximum Gasteiger partial charge on any atom is 0.229 e. The highest BCUT2D eigenvalue weighted by Gasteiger charge is 2.26. The van der Waals surface area contributed by atoms with E-state index in [9.17, 15) is 5.11 Å². The van der Waals surface area contributed by atoms with Crippen molar-refractivity contribution < 1.29 is 5.11 Å². The molecule has 118 valence electrons. The molecule has 2 aromatic rings. The number of aromatic hydroxyl groups is 1. The first-order valence-electron chi connectivity index (χ1n) is 7.73. The minimum atomic E-state index is 0.0596. The summed E-state index contributed by atoms with van der Waals surface area (Å²) >= 11 is 5.93. The molecule has 23 heavy (non-hydrogen) atoms. The maximum atomic E-state index is 9.49. The van der Waals surface area contributed by atoms with Crippen molar-refractivity contribution in [3.8, 4) is 5.75 Å². The number of hydrogen-bond donors (Lipinski definition) is 2. The molecule has 2 heterocycles. The second-order valence-electron chi connectivity index (χ2n) is 6.01. The van der Waals surface area contributed by atoms with Crippen molar-refractivity contribution in [2.24, 2.45) is 5.92 Å². The molecule has 5 nitrogen and oxygen atoms in total. The first kappa shape index (κ1) is 14.3. The van der Waals surface area contributed by atoms with Gasteiger partial charge >= 0.3 is 0 Å². The van der Waals surface area contributed by atoms with Gasteiger partial charge in [-0.25, -0.2) is 4.98 Å². The van der Waals surface area contributed by atoms with E-state index < -0.39 is 0 Å². The van der Waals surface area contributed by atoms with Crippen molar-refractivity contribution in [2.75, 3.05) is 23.3 Å². The van der Waals surface area contributed by atoms with Crippen LogP contribution >= 0.6 is 11.6 Å². The van der Waals surface area contributed by atoms with E-state index in [1.165, 1.54) is 12.8 Å². The van der Waals surface area contributed by atoms with Gasteiger partial charge in [0.25, 0.3) is 0 Å². The number of nitrogens with zero attached hydrogens (tertiary/aromatic N) is 3. The third kappa shape index (κ3) is 3.10. The molecular weight excluding hydrogens is 312 g/mol. The lowest BCUT2D eigenvalue weighted by molar-refractivity contribution is 0.475. The van der Waals surface area contributed by atoms with Gasteiger partial charge in [-0.2, -0.15) is 4.98 Å². The first-order chi connectivity index (χ1) is 11.2. The predicted molar refractivity (Wildman–Crippen MR) is 92.4 cm³/mol. The van der Waals surface area contributed by atoms with Crippen LogP contribution in [0.15, 0.2) is 30.5 Å². The largest absolute Gasteiger partial charge is 0.506 e. The van der Waals surface area contributed by atoms with Crippen LogP contribution in [0.3, 0.4) is 0 Å². The van der Waals surface area contributed by atoms with Gasteiger partial charge in [0.15, 0.2) is 0 Å². The topological polar surface area (TPSA) is 61.3 Å². The summed E-state index contributed by atoms with van der Waals surface area (Å²) in [5, 5.41) is 12.9. The van der Waals surface area contributed by atoms with E-state index in [4.69, 9.17) is 11.6 Å². The molecule has 4 rings (SSSR count). The summed E-state index contributed by atoms with van der Waals surface area (Å²) in [6.07, 6.45) is 8.69. The van der Waals surface area contributed by atoms with Gasteiger partial charge < -0.3 is 15.3 Å². The molecule has 2 N–H and O–H groups in total. The lowest BCUT2D eigenvalue weighted by Crippen LogP contribution is -2.29. The number of hydrogen-bond acceptors (Lipinski definition) is 5. The van der Waals surface area contributed by atoms with E-state index in [0.29, 0.717) is 11.0 Å². The molecule has 0 unspecified atom stereocenters. The van der Waals surface area contributed by atoms with Crippen LogP contribution in [0.2, 0.25) is 5.02 Å². The number of anilines is 3. The van der Waals surface area contributed by atoms with E-state index in [-0.39, 0.29) is 5.75 Å². The van der Waals surface area contributed by atoms with Gasteiger partial charge in [-0.05, 0) is 37.0 Å². The maximum absolute atomic E-state index is 9.49. The Hall–Kier alpha value is -2.27. The van der Waals surface area contributed by atoms with E-state index in [2.05, 4.69) is 32.3 Å². The average Bonchev–Trinajstić information content (AvgIpc) is 3.36. The molecule has 0 saturated heterocycles. The van der Waals surface area contributed by atoms with Crippen LogP contribution in [0.5, 0.6) is 5.75 Å². The Morgan fingerprint density at radius 1 is 1.35 bits per heavy atom. The number of fused-ring (bicyclic) bond motifs is 1. The van der Waals surface area contributed by atoms with E-state index in [0.717, 1.165) is 36.1 Å². The summed E-state index contributed by atoms with van der Waals surface area (Å²) in [6, 6.07) is 4.94. The Labute approximate surface area is 139 Å². The van der Waals surface area contributed by atoms with Gasteiger partial charge in [0.05, 0.1) is 5.02 Å². The van der Waals surface area contributed by atoms with E-state index >= 15 is 0 Å². The Bertz CT molecular complexity index is 773. The van der Waals surface area contributed by atoms with Crippen molar-refractivity contribution >= 4 is 35.1 Å². The standard InChI is InChI=1S/C17H17ClN4O/c18-14-8-13(5-6-15(14)23)20-17-19-9-12-2-1-7-22(16(12)21-17)10-11-3-4-11/h1-2,5-6,8-9,11,23H,3-4,7,10H2,(H,19,20,21). The van der Waals surface area contributed by atoms with E-state index in [1.807, 2.05) is 6.20 Å². The van der Waals surface area contributed by atoms with Gasteiger partial charge in [-0.1, -0.05) is 23.8 Å². The highest BCUT2D eigenvalue weighted by molar-refractivity contribution is 6.32. The Kier molecular flexibility index (Phi) is 3.58. The molecular formula is C17H17ClN4O. The van der Waals surface area contributed by atoms with E-state index in [1.54, 1.807) is 18.2 Å². The van der Waals surface area contributed by atoms with Crippen molar-refractivity contribution in [1.29, 1.82) is 0 Å². The minimum Gasteiger partial charge on any atom is -0.506 e. The van der Waals surface area contributed by atoms with Gasteiger partial charge in [-0.3, -0.25) is 0 Å². The zero-order valence-corrected chi connectivity index (χ0v) is 13.3. The van der Waals surface area contributed by atoms with Crippen LogP contribution < -0.4 is 10.2 Å². The molecule has 6 heteroatoms. The van der Waals surface area contributed by atoms with Crippen LogP contribution in [0, 0.1) is 5.92 Å². The molecule has 0 amide bonds. The molecule has 0 spiro atoms. The second kappa shape index (κ2) is 5.74. The monoisotopic (exact) mass is 328 g/mol. The van der Waals surface area contributed by atoms with Crippen LogP contribution in [0.1, 0.15) is 18.4 Å². The lowest BCUT2D eigenvalue weighted by atomic mass is 10.2. The summed E-state index contributed by atoms with van der Waals surface area (Å²) in [7, 11) is 0. The lowest BCUT2D eigenvalue weighted by Gasteiger charge is -2.27. The Balaban J connectivity index is 1.59. The number of phenols is 1. The molecule has 0 bridgehead atoms. The fourth-order valence-corrected chi connectivity index (χ4v) is 2.87. The number of aromatic nitrogens is 2. The summed E-state index contributed by atoms with van der Waals surface area (Å²) < 4.78 is 0. The fraction of sp³-hybridized carbons (Fsp3) is 0.294. The normalized spacial score (nSPS) is 16.3. The highest BCUT2D eigenvalue weighted by Crippen LogP contribution is 2.34. The van der Waals surface area contributed by atoms with Crippen LogP contribution in [0.4, 0.5) is 17.5 Å². The molecule has 1 aromatic carbocycles. The number of benzene rings is 1. The predicted octanol–water partition coefficient (Wildman–Crippen LogP) is 3.82. The van der Waals surface area contributed by atoms with Gasteiger partial charge in [-0.15, -0.1) is 0 Å². The zero-order chi connectivity index (χ0) is 15.8. The molecule has 1 aliphatic heterocycles. The molecule has 1 aliphatic carbocycles. The number of rotatable bonds is 4. The fourth-order valence-electron chi connectivity index (χ4n) is 2.69. The van der Waals surface area contributed by atoms with Crippen LogP contribution in [0.25, 0.3) is 6.08 Å². The van der Waals surface area contributed by atoms with Crippen molar-refractivity contribution in [3.05, 3.63) is 41.1 Å². The highest BCUT2D eigenvalue weighted by atomic mass is 35.5. The third-order valence-corrected chi connectivity index (χ3v) is 4.40. The minimum absolute atomic E-state index is 0.0596. The SMILES string of the molecule is Oc1ccc(Nc2ncc3c(n2)N(CC2CC2)CC=C3)cc1Cl. The molecule has 1 fully saturated rings. The molecule has 2 aliphatic rings. The summed E-state index contributed by atoms with van der Waals surface area (Å²) in [5.41, 5.74) is 1.79. The smallest absolute Gasteiger partial charge is 0.229 e. The van der Waals surface area contributed by atoms with Crippen molar-refractivity contribution in [3.63, 3.8) is 0 Å². The second-order valence-corrected chi connectivity index (χ2v) is 6.42. The Morgan fingerprint density at radius 2 is 2.22 bits per heavy atom. The average molecular weight is 329 g/mol. The number of halogens is 1. The molecule has 0 atom stereocenters.